The molecule has 0 saturated heterocycles. The number of carbonyl (C=O) groups excluding carboxylic acids is 1. The smallest absolute Gasteiger partial charge is 0.382 e. The second-order valence-electron chi connectivity index (χ2n) is 5.08. The summed E-state index contributed by atoms with van der Waals surface area (Å²) in [5.74, 6) is -0.731. The number of para-hydroxylation sites is 1. The van der Waals surface area contributed by atoms with Crippen molar-refractivity contribution in [2.24, 2.45) is 0 Å². The molecule has 20 heavy (non-hydrogen) atoms. The van der Waals surface area contributed by atoms with Crippen LogP contribution >= 0.6 is 0 Å². The predicted octanol–water partition coefficient (Wildman–Crippen LogP) is 3.04. The van der Waals surface area contributed by atoms with Gasteiger partial charge in [-0.1, -0.05) is 18.2 Å². The zero-order valence-corrected chi connectivity index (χ0v) is 11.1. The highest BCUT2D eigenvalue weighted by atomic mass is 19.4. The maximum atomic E-state index is 12.1. The molecule has 0 spiro atoms. The van der Waals surface area contributed by atoms with Gasteiger partial charge >= 0.3 is 6.18 Å². The fourth-order valence-electron chi connectivity index (χ4n) is 2.44. The monoisotopic (exact) mass is 286 g/mol. The maximum Gasteiger partial charge on any atom is 0.390 e. The lowest BCUT2D eigenvalue weighted by molar-refractivity contribution is -0.136. The van der Waals surface area contributed by atoms with E-state index >= 15 is 0 Å². The molecule has 1 aromatic rings. The number of carbonyl (C=O) groups is 1. The van der Waals surface area contributed by atoms with Gasteiger partial charge in [0.2, 0.25) is 5.91 Å². The molecule has 0 fully saturated rings. The number of hydrogen-bond acceptors (Lipinski definition) is 2. The van der Waals surface area contributed by atoms with E-state index in [2.05, 4.69) is 10.6 Å². The molecular weight excluding hydrogens is 269 g/mol. The molecule has 2 rings (SSSR count). The van der Waals surface area contributed by atoms with Gasteiger partial charge in [-0.25, -0.2) is 0 Å². The van der Waals surface area contributed by atoms with Crippen molar-refractivity contribution in [3.8, 4) is 0 Å². The number of anilines is 1. The summed E-state index contributed by atoms with van der Waals surface area (Å²) in [6.45, 7) is 1.58. The average molecular weight is 286 g/mol. The van der Waals surface area contributed by atoms with Crippen molar-refractivity contribution >= 4 is 11.6 Å². The van der Waals surface area contributed by atoms with Gasteiger partial charge in [-0.2, -0.15) is 13.2 Å². The molecule has 1 aliphatic rings. The van der Waals surface area contributed by atoms with Gasteiger partial charge in [-0.15, -0.1) is 0 Å². The molecule has 110 valence electrons. The van der Waals surface area contributed by atoms with E-state index in [-0.39, 0.29) is 18.5 Å². The summed E-state index contributed by atoms with van der Waals surface area (Å²) >= 11 is 0. The van der Waals surface area contributed by atoms with Crippen LogP contribution in [-0.4, -0.2) is 24.7 Å². The summed E-state index contributed by atoms with van der Waals surface area (Å²) in [4.78, 5) is 12.1. The first-order chi connectivity index (χ1) is 9.37. The first-order valence-corrected chi connectivity index (χ1v) is 6.57. The molecule has 1 aliphatic heterocycles. The van der Waals surface area contributed by atoms with Crippen molar-refractivity contribution in [1.29, 1.82) is 0 Å². The Morgan fingerprint density at radius 2 is 2.10 bits per heavy atom. The van der Waals surface area contributed by atoms with E-state index in [1.165, 1.54) is 0 Å². The van der Waals surface area contributed by atoms with Gasteiger partial charge in [-0.3, -0.25) is 4.79 Å². The lowest BCUT2D eigenvalue weighted by Crippen LogP contribution is -2.37. The Labute approximate surface area is 115 Å². The van der Waals surface area contributed by atoms with Gasteiger partial charge in [0.25, 0.3) is 0 Å². The third-order valence-electron chi connectivity index (χ3n) is 3.35. The zero-order chi connectivity index (χ0) is 14.8. The van der Waals surface area contributed by atoms with Gasteiger partial charge in [0.1, 0.15) is 0 Å². The van der Waals surface area contributed by atoms with E-state index in [1.54, 1.807) is 0 Å². The van der Waals surface area contributed by atoms with Crippen LogP contribution in [0.1, 0.15) is 31.2 Å². The SMILES string of the molecule is CC1CC(C(=O)NCCC(F)(F)F)c2ccccc2N1. The fraction of sp³-hybridized carbons (Fsp3) is 0.500. The maximum absolute atomic E-state index is 12.1. The summed E-state index contributed by atoms with van der Waals surface area (Å²) in [5, 5.41) is 5.65. The minimum absolute atomic E-state index is 0.114. The van der Waals surface area contributed by atoms with E-state index in [9.17, 15) is 18.0 Å². The zero-order valence-electron chi connectivity index (χ0n) is 11.1. The minimum Gasteiger partial charge on any atom is -0.382 e. The highest BCUT2D eigenvalue weighted by Crippen LogP contribution is 2.34. The molecule has 1 aromatic carbocycles. The normalized spacial score (nSPS) is 21.8. The van der Waals surface area contributed by atoms with Crippen LogP contribution in [0, 0.1) is 0 Å². The van der Waals surface area contributed by atoms with E-state index in [0.717, 1.165) is 11.3 Å². The van der Waals surface area contributed by atoms with Crippen LogP contribution in [0.5, 0.6) is 0 Å². The van der Waals surface area contributed by atoms with Gasteiger partial charge in [-0.05, 0) is 25.0 Å². The first-order valence-electron chi connectivity index (χ1n) is 6.57. The molecule has 0 bridgehead atoms. The van der Waals surface area contributed by atoms with Crippen molar-refractivity contribution in [1.82, 2.24) is 5.32 Å². The Morgan fingerprint density at radius 1 is 1.40 bits per heavy atom. The quantitative estimate of drug-likeness (QED) is 0.896. The Hall–Kier alpha value is -1.72. The first kappa shape index (κ1) is 14.7. The second kappa shape index (κ2) is 5.73. The molecule has 0 saturated carbocycles. The number of hydrogen-bond donors (Lipinski definition) is 2. The van der Waals surface area contributed by atoms with E-state index < -0.39 is 18.5 Å². The van der Waals surface area contributed by atoms with Crippen molar-refractivity contribution < 1.29 is 18.0 Å². The van der Waals surface area contributed by atoms with Crippen molar-refractivity contribution in [2.75, 3.05) is 11.9 Å². The largest absolute Gasteiger partial charge is 0.390 e. The third kappa shape index (κ3) is 3.65. The van der Waals surface area contributed by atoms with E-state index in [0.29, 0.717) is 6.42 Å². The molecule has 2 N–H and O–H groups in total. The summed E-state index contributed by atoms with van der Waals surface area (Å²) in [6.07, 6.45) is -4.66. The predicted molar refractivity (Wildman–Crippen MR) is 70.6 cm³/mol. The lowest BCUT2D eigenvalue weighted by Gasteiger charge is -2.30. The number of fused-ring (bicyclic) bond motifs is 1. The highest BCUT2D eigenvalue weighted by molar-refractivity contribution is 5.86. The Bertz CT molecular complexity index is 488. The number of amides is 1. The average Bonchev–Trinajstić information content (AvgIpc) is 2.36. The standard InChI is InChI=1S/C14H17F3N2O/c1-9-8-11(10-4-2-3-5-12(10)19-9)13(20)18-7-6-14(15,16)17/h2-5,9,11,19H,6-8H2,1H3,(H,18,20). The second-order valence-corrected chi connectivity index (χ2v) is 5.08. The molecule has 2 unspecified atom stereocenters. The van der Waals surface area contributed by atoms with Crippen LogP contribution in [-0.2, 0) is 4.79 Å². The molecule has 1 amide bonds. The van der Waals surface area contributed by atoms with Crippen molar-refractivity contribution in [3.63, 3.8) is 0 Å². The number of alkyl halides is 3. The van der Waals surface area contributed by atoms with Crippen LogP contribution < -0.4 is 10.6 Å². The molecule has 0 aromatic heterocycles. The van der Waals surface area contributed by atoms with E-state index in [4.69, 9.17) is 0 Å². The number of benzene rings is 1. The highest BCUT2D eigenvalue weighted by Gasteiger charge is 2.31. The topological polar surface area (TPSA) is 41.1 Å². The molecule has 1 heterocycles. The Kier molecular flexibility index (Phi) is 4.20. The van der Waals surface area contributed by atoms with Gasteiger partial charge in [0.05, 0.1) is 12.3 Å². The van der Waals surface area contributed by atoms with Crippen LogP contribution in [0.25, 0.3) is 0 Å². The fourth-order valence-corrected chi connectivity index (χ4v) is 2.44. The molecule has 2 atom stereocenters. The van der Waals surface area contributed by atoms with Gasteiger partial charge in [0, 0.05) is 18.3 Å². The molecular formula is C14H17F3N2O. The van der Waals surface area contributed by atoms with E-state index in [1.807, 2.05) is 31.2 Å². The van der Waals surface area contributed by atoms with Crippen LogP contribution in [0.3, 0.4) is 0 Å². The number of halogens is 3. The third-order valence-corrected chi connectivity index (χ3v) is 3.35. The van der Waals surface area contributed by atoms with Gasteiger partial charge < -0.3 is 10.6 Å². The van der Waals surface area contributed by atoms with Gasteiger partial charge in [0.15, 0.2) is 0 Å². The number of nitrogens with one attached hydrogen (secondary N) is 2. The van der Waals surface area contributed by atoms with Crippen molar-refractivity contribution in [2.45, 2.75) is 37.9 Å². The summed E-state index contributed by atoms with van der Waals surface area (Å²) in [7, 11) is 0. The summed E-state index contributed by atoms with van der Waals surface area (Å²) in [6, 6.07) is 7.52. The van der Waals surface area contributed by atoms with Crippen LogP contribution in [0.4, 0.5) is 18.9 Å². The van der Waals surface area contributed by atoms with Crippen molar-refractivity contribution in [3.05, 3.63) is 29.8 Å². The Balaban J connectivity index is 2.03. The van der Waals surface area contributed by atoms with Crippen LogP contribution in [0.2, 0.25) is 0 Å². The summed E-state index contributed by atoms with van der Waals surface area (Å²) < 4.78 is 36.3. The molecule has 3 nitrogen and oxygen atoms in total. The Morgan fingerprint density at radius 3 is 2.80 bits per heavy atom. The molecule has 6 heteroatoms. The van der Waals surface area contributed by atoms with Crippen LogP contribution in [0.15, 0.2) is 24.3 Å². The minimum atomic E-state index is -4.24. The lowest BCUT2D eigenvalue weighted by atomic mass is 9.87. The molecule has 0 radical (unpaired) electrons. The number of rotatable bonds is 3. The molecule has 0 aliphatic carbocycles. The summed E-state index contributed by atoms with van der Waals surface area (Å²) in [5.41, 5.74) is 1.72.